The number of hydrogen-bond donors (Lipinski definition) is 1. The zero-order valence-corrected chi connectivity index (χ0v) is 10.7. The zero-order chi connectivity index (χ0) is 13.7. The Labute approximate surface area is 111 Å². The van der Waals surface area contributed by atoms with Crippen molar-refractivity contribution in [1.29, 1.82) is 0 Å². The highest BCUT2D eigenvalue weighted by molar-refractivity contribution is 5.20. The lowest BCUT2D eigenvalue weighted by Crippen LogP contribution is -2.39. The van der Waals surface area contributed by atoms with Crippen molar-refractivity contribution < 1.29 is 18.6 Å². The van der Waals surface area contributed by atoms with Crippen LogP contribution in [-0.2, 0) is 0 Å². The van der Waals surface area contributed by atoms with Crippen molar-refractivity contribution >= 4 is 0 Å². The SMILES string of the molecule is OC(COc1ccccc1)CN(CC(F)F)C1CC1. The van der Waals surface area contributed by atoms with Crippen LogP contribution in [0.3, 0.4) is 0 Å². The number of benzene rings is 1. The van der Waals surface area contributed by atoms with E-state index in [1.54, 1.807) is 17.0 Å². The molecule has 1 saturated carbocycles. The summed E-state index contributed by atoms with van der Waals surface area (Å²) in [6.45, 7) is 0.0887. The Balaban J connectivity index is 1.74. The Hall–Kier alpha value is -1.20. The molecule has 5 heteroatoms. The highest BCUT2D eigenvalue weighted by Crippen LogP contribution is 2.27. The van der Waals surface area contributed by atoms with E-state index in [1.807, 2.05) is 18.2 Å². The molecule has 1 fully saturated rings. The minimum atomic E-state index is -2.36. The molecule has 1 aliphatic rings. The third-order valence-corrected chi connectivity index (χ3v) is 3.07. The Morgan fingerprint density at radius 3 is 2.47 bits per heavy atom. The van der Waals surface area contributed by atoms with Crippen molar-refractivity contribution in [3.05, 3.63) is 30.3 Å². The average Bonchev–Trinajstić information content (AvgIpc) is 3.20. The van der Waals surface area contributed by atoms with Crippen LogP contribution in [0.15, 0.2) is 30.3 Å². The summed E-state index contributed by atoms with van der Waals surface area (Å²) in [7, 11) is 0. The minimum Gasteiger partial charge on any atom is -0.491 e. The maximum Gasteiger partial charge on any atom is 0.251 e. The van der Waals surface area contributed by atoms with Gasteiger partial charge in [-0.15, -0.1) is 0 Å². The van der Waals surface area contributed by atoms with Gasteiger partial charge in [0.15, 0.2) is 0 Å². The van der Waals surface area contributed by atoms with Crippen LogP contribution in [-0.4, -0.2) is 48.3 Å². The summed E-state index contributed by atoms with van der Waals surface area (Å²) < 4.78 is 30.2. The first-order chi connectivity index (χ1) is 9.15. The first-order valence-corrected chi connectivity index (χ1v) is 6.53. The van der Waals surface area contributed by atoms with Gasteiger partial charge in [0.1, 0.15) is 18.5 Å². The van der Waals surface area contributed by atoms with Crippen molar-refractivity contribution in [3.8, 4) is 5.75 Å². The van der Waals surface area contributed by atoms with Gasteiger partial charge in [0.2, 0.25) is 0 Å². The summed E-state index contributed by atoms with van der Waals surface area (Å²) in [5.74, 6) is 0.674. The van der Waals surface area contributed by atoms with Crippen LogP contribution in [0.2, 0.25) is 0 Å². The van der Waals surface area contributed by atoms with Crippen molar-refractivity contribution in [1.82, 2.24) is 4.90 Å². The maximum absolute atomic E-state index is 12.4. The molecular weight excluding hydrogens is 252 g/mol. The van der Waals surface area contributed by atoms with E-state index in [9.17, 15) is 13.9 Å². The fraction of sp³-hybridized carbons (Fsp3) is 0.571. The predicted molar refractivity (Wildman–Crippen MR) is 68.5 cm³/mol. The fourth-order valence-corrected chi connectivity index (χ4v) is 2.02. The molecular formula is C14H19F2NO2. The fourth-order valence-electron chi connectivity index (χ4n) is 2.02. The molecule has 1 aromatic rings. The lowest BCUT2D eigenvalue weighted by Gasteiger charge is -2.24. The van der Waals surface area contributed by atoms with Crippen molar-refractivity contribution in [3.63, 3.8) is 0 Å². The van der Waals surface area contributed by atoms with E-state index in [0.717, 1.165) is 12.8 Å². The Bertz CT molecular complexity index is 371. The molecule has 19 heavy (non-hydrogen) atoms. The van der Waals surface area contributed by atoms with Gasteiger partial charge in [-0.05, 0) is 25.0 Å². The van der Waals surface area contributed by atoms with E-state index in [-0.39, 0.29) is 25.7 Å². The van der Waals surface area contributed by atoms with Gasteiger partial charge in [-0.2, -0.15) is 0 Å². The van der Waals surface area contributed by atoms with E-state index in [0.29, 0.717) is 5.75 Å². The quantitative estimate of drug-likeness (QED) is 0.786. The number of halogens is 2. The molecule has 0 radical (unpaired) electrons. The predicted octanol–water partition coefficient (Wildman–Crippen LogP) is 2.16. The molecule has 1 N–H and O–H groups in total. The standard InChI is InChI=1S/C14H19F2NO2/c15-14(16)9-17(11-6-7-11)8-12(18)10-19-13-4-2-1-3-5-13/h1-5,11-12,14,18H,6-10H2. The largest absolute Gasteiger partial charge is 0.491 e. The molecule has 1 aromatic carbocycles. The molecule has 3 nitrogen and oxygen atoms in total. The van der Waals surface area contributed by atoms with E-state index in [2.05, 4.69) is 0 Å². The Morgan fingerprint density at radius 1 is 1.21 bits per heavy atom. The maximum atomic E-state index is 12.4. The van der Waals surface area contributed by atoms with Crippen molar-refractivity contribution in [2.75, 3.05) is 19.7 Å². The van der Waals surface area contributed by atoms with Crippen LogP contribution in [0, 0.1) is 0 Å². The van der Waals surface area contributed by atoms with E-state index < -0.39 is 12.5 Å². The van der Waals surface area contributed by atoms with Crippen LogP contribution < -0.4 is 4.74 Å². The Kier molecular flexibility index (Phi) is 5.10. The second-order valence-corrected chi connectivity index (χ2v) is 4.85. The topological polar surface area (TPSA) is 32.7 Å². The van der Waals surface area contributed by atoms with Crippen LogP contribution in [0.1, 0.15) is 12.8 Å². The number of aliphatic hydroxyl groups is 1. The van der Waals surface area contributed by atoms with Crippen molar-refractivity contribution in [2.45, 2.75) is 31.4 Å². The average molecular weight is 271 g/mol. The van der Waals surface area contributed by atoms with Crippen molar-refractivity contribution in [2.24, 2.45) is 0 Å². The smallest absolute Gasteiger partial charge is 0.251 e. The summed E-state index contributed by atoms with van der Waals surface area (Å²) in [5.41, 5.74) is 0. The summed E-state index contributed by atoms with van der Waals surface area (Å²) in [6, 6.07) is 9.36. The zero-order valence-electron chi connectivity index (χ0n) is 10.7. The van der Waals surface area contributed by atoms with Gasteiger partial charge < -0.3 is 9.84 Å². The first kappa shape index (κ1) is 14.2. The monoisotopic (exact) mass is 271 g/mol. The molecule has 106 valence electrons. The minimum absolute atomic E-state index is 0.121. The second-order valence-electron chi connectivity index (χ2n) is 4.85. The second kappa shape index (κ2) is 6.82. The number of para-hydroxylation sites is 1. The first-order valence-electron chi connectivity index (χ1n) is 6.53. The molecule has 0 bridgehead atoms. The number of hydrogen-bond acceptors (Lipinski definition) is 3. The van der Waals surface area contributed by atoms with Crippen LogP contribution in [0.25, 0.3) is 0 Å². The molecule has 0 heterocycles. The number of rotatable bonds is 8. The van der Waals surface area contributed by atoms with Gasteiger partial charge >= 0.3 is 0 Å². The lowest BCUT2D eigenvalue weighted by atomic mass is 10.3. The summed E-state index contributed by atoms with van der Waals surface area (Å²) in [5, 5.41) is 9.86. The summed E-state index contributed by atoms with van der Waals surface area (Å²) in [6.07, 6.45) is -1.22. The molecule has 1 unspecified atom stereocenters. The summed E-state index contributed by atoms with van der Waals surface area (Å²) in [4.78, 5) is 1.66. The Morgan fingerprint density at radius 2 is 1.89 bits per heavy atom. The lowest BCUT2D eigenvalue weighted by molar-refractivity contribution is 0.0327. The number of ether oxygens (including phenoxy) is 1. The molecule has 0 amide bonds. The highest BCUT2D eigenvalue weighted by Gasteiger charge is 2.31. The van der Waals surface area contributed by atoms with Crippen LogP contribution >= 0.6 is 0 Å². The van der Waals surface area contributed by atoms with E-state index in [1.165, 1.54) is 0 Å². The molecule has 0 aliphatic heterocycles. The van der Waals surface area contributed by atoms with E-state index >= 15 is 0 Å². The molecule has 2 rings (SSSR count). The molecule has 1 aliphatic carbocycles. The third kappa shape index (κ3) is 5.12. The summed E-state index contributed by atoms with van der Waals surface area (Å²) >= 11 is 0. The third-order valence-electron chi connectivity index (χ3n) is 3.07. The van der Waals surface area contributed by atoms with Gasteiger partial charge in [0.05, 0.1) is 6.54 Å². The van der Waals surface area contributed by atoms with E-state index in [4.69, 9.17) is 4.74 Å². The highest BCUT2D eigenvalue weighted by atomic mass is 19.3. The van der Waals surface area contributed by atoms with Gasteiger partial charge in [0, 0.05) is 12.6 Å². The van der Waals surface area contributed by atoms with Gasteiger partial charge in [0.25, 0.3) is 6.43 Å². The number of aliphatic hydroxyl groups excluding tert-OH is 1. The number of nitrogens with zero attached hydrogens (tertiary/aromatic N) is 1. The van der Waals surface area contributed by atoms with Gasteiger partial charge in [-0.1, -0.05) is 18.2 Å². The van der Waals surface area contributed by atoms with Crippen LogP contribution in [0.5, 0.6) is 5.75 Å². The van der Waals surface area contributed by atoms with Gasteiger partial charge in [-0.3, -0.25) is 4.90 Å². The molecule has 0 aromatic heterocycles. The molecule has 0 saturated heterocycles. The molecule has 1 atom stereocenters. The van der Waals surface area contributed by atoms with Crippen LogP contribution in [0.4, 0.5) is 8.78 Å². The molecule has 0 spiro atoms. The number of alkyl halides is 2. The normalized spacial score (nSPS) is 16.9. The van der Waals surface area contributed by atoms with Gasteiger partial charge in [-0.25, -0.2) is 8.78 Å².